The van der Waals surface area contributed by atoms with Crippen LogP contribution in [0.15, 0.2) is 48.5 Å². The largest absolute Gasteiger partial charge is 0.381 e. The number of anilines is 1. The molecule has 2 aromatic carbocycles. The second-order valence-corrected chi connectivity index (χ2v) is 9.17. The van der Waals surface area contributed by atoms with E-state index in [1.54, 1.807) is 16.8 Å². The first-order valence-corrected chi connectivity index (χ1v) is 11.8. The molecular weight excluding hydrogens is 463 g/mol. The van der Waals surface area contributed by atoms with Crippen molar-refractivity contribution in [2.75, 3.05) is 44.3 Å². The second-order valence-electron chi connectivity index (χ2n) is 8.32. The van der Waals surface area contributed by atoms with Gasteiger partial charge in [-0.3, -0.25) is 4.79 Å². The van der Waals surface area contributed by atoms with Crippen LogP contribution in [0, 0.1) is 0 Å². The van der Waals surface area contributed by atoms with Crippen molar-refractivity contribution in [1.82, 2.24) is 25.1 Å². The van der Waals surface area contributed by atoms with Gasteiger partial charge in [-0.25, -0.2) is 0 Å². The normalized spacial score (nSPS) is 18.4. The number of rotatable bonds is 4. The molecular formula is C23H24Cl2N6O2. The summed E-state index contributed by atoms with van der Waals surface area (Å²) < 4.78 is 7.32. The van der Waals surface area contributed by atoms with Crippen molar-refractivity contribution in [1.29, 1.82) is 0 Å². The Kier molecular flexibility index (Phi) is 6.23. The third-order valence-electron chi connectivity index (χ3n) is 6.51. The number of halogens is 2. The lowest BCUT2D eigenvalue weighted by Crippen LogP contribution is -2.56. The highest BCUT2D eigenvalue weighted by Gasteiger charge is 2.46. The van der Waals surface area contributed by atoms with Gasteiger partial charge < -0.3 is 14.5 Å². The number of nitrogens with zero attached hydrogens (tertiary/aromatic N) is 6. The van der Waals surface area contributed by atoms with Crippen molar-refractivity contribution in [2.24, 2.45) is 0 Å². The smallest absolute Gasteiger partial charge is 0.250 e. The number of carbonyl (C=O) groups is 1. The number of piperazine rings is 1. The van der Waals surface area contributed by atoms with Crippen LogP contribution in [0.5, 0.6) is 0 Å². The fraction of sp³-hybridized carbons (Fsp3) is 0.391. The molecule has 2 aliphatic heterocycles. The summed E-state index contributed by atoms with van der Waals surface area (Å²) in [6.45, 7) is 3.48. The molecule has 2 aliphatic rings. The predicted octanol–water partition coefficient (Wildman–Crippen LogP) is 3.37. The number of amides is 1. The quantitative estimate of drug-likeness (QED) is 0.562. The Morgan fingerprint density at radius 1 is 0.970 bits per heavy atom. The second kappa shape index (κ2) is 9.29. The maximum atomic E-state index is 13.9. The van der Waals surface area contributed by atoms with Gasteiger partial charge >= 0.3 is 0 Å². The number of carbonyl (C=O) groups excluding carboxylic acids is 1. The summed E-state index contributed by atoms with van der Waals surface area (Å²) in [5, 5.41) is 13.3. The molecule has 1 aromatic heterocycles. The molecule has 0 radical (unpaired) electrons. The van der Waals surface area contributed by atoms with Crippen molar-refractivity contribution in [2.45, 2.75) is 18.3 Å². The van der Waals surface area contributed by atoms with Gasteiger partial charge in [-0.05, 0) is 53.1 Å². The molecule has 2 saturated heterocycles. The third-order valence-corrected chi connectivity index (χ3v) is 7.05. The Hall–Kier alpha value is -2.68. The summed E-state index contributed by atoms with van der Waals surface area (Å²) in [5.41, 5.74) is 1.03. The van der Waals surface area contributed by atoms with E-state index in [1.807, 2.05) is 41.3 Å². The van der Waals surface area contributed by atoms with E-state index in [2.05, 4.69) is 20.4 Å². The van der Waals surface area contributed by atoms with E-state index >= 15 is 0 Å². The highest BCUT2D eigenvalue weighted by atomic mass is 35.5. The van der Waals surface area contributed by atoms with Gasteiger partial charge in [-0.2, -0.15) is 4.68 Å². The minimum Gasteiger partial charge on any atom is -0.381 e. The molecule has 0 N–H and O–H groups in total. The molecule has 10 heteroatoms. The number of hydrogen-bond acceptors (Lipinski definition) is 6. The maximum Gasteiger partial charge on any atom is 0.250 e. The molecule has 3 heterocycles. The third kappa shape index (κ3) is 4.18. The minimum atomic E-state index is -0.701. The molecule has 0 spiro atoms. The van der Waals surface area contributed by atoms with Gasteiger partial charge in [0.05, 0.1) is 11.1 Å². The number of tetrazole rings is 1. The van der Waals surface area contributed by atoms with Crippen LogP contribution in [0.25, 0.3) is 5.69 Å². The fourth-order valence-corrected chi connectivity index (χ4v) is 5.31. The zero-order valence-corrected chi connectivity index (χ0v) is 19.5. The van der Waals surface area contributed by atoms with Crippen molar-refractivity contribution in [3.8, 4) is 5.69 Å². The van der Waals surface area contributed by atoms with E-state index < -0.39 is 5.41 Å². The van der Waals surface area contributed by atoms with Gasteiger partial charge in [-0.15, -0.1) is 0 Å². The lowest BCUT2D eigenvalue weighted by atomic mass is 9.72. The molecule has 8 nitrogen and oxygen atoms in total. The van der Waals surface area contributed by atoms with E-state index in [1.165, 1.54) is 0 Å². The zero-order chi connectivity index (χ0) is 22.8. The van der Waals surface area contributed by atoms with Crippen LogP contribution < -0.4 is 4.90 Å². The first-order valence-electron chi connectivity index (χ1n) is 11.0. The van der Waals surface area contributed by atoms with Crippen molar-refractivity contribution < 1.29 is 9.53 Å². The first-order chi connectivity index (χ1) is 16.1. The van der Waals surface area contributed by atoms with Crippen LogP contribution in [0.3, 0.4) is 0 Å². The Balaban J connectivity index is 1.35. The summed E-state index contributed by atoms with van der Waals surface area (Å²) in [4.78, 5) is 18.0. The first kappa shape index (κ1) is 22.1. The Morgan fingerprint density at radius 2 is 1.70 bits per heavy atom. The molecule has 0 bridgehead atoms. The van der Waals surface area contributed by atoms with E-state index in [0.717, 1.165) is 11.3 Å². The van der Waals surface area contributed by atoms with E-state index in [0.29, 0.717) is 68.2 Å². The van der Waals surface area contributed by atoms with Crippen LogP contribution in [-0.4, -0.2) is 70.4 Å². The van der Waals surface area contributed by atoms with E-state index in [4.69, 9.17) is 27.9 Å². The lowest BCUT2D eigenvalue weighted by molar-refractivity contribution is -0.141. The van der Waals surface area contributed by atoms with Gasteiger partial charge in [0.2, 0.25) is 11.9 Å². The minimum absolute atomic E-state index is 0.0947. The number of aromatic nitrogens is 4. The van der Waals surface area contributed by atoms with Crippen molar-refractivity contribution >= 4 is 35.1 Å². The molecule has 2 fully saturated rings. The summed E-state index contributed by atoms with van der Waals surface area (Å²) in [7, 11) is 0. The Labute approximate surface area is 202 Å². The number of para-hydroxylation sites is 1. The SMILES string of the molecule is O=C(N1CCN(c2nnnn2-c2ccccc2)CC1)C1(c2ccc(Cl)cc2Cl)CCOCC1. The van der Waals surface area contributed by atoms with Crippen LogP contribution in [0.1, 0.15) is 18.4 Å². The summed E-state index contributed by atoms with van der Waals surface area (Å²) >= 11 is 12.7. The van der Waals surface area contributed by atoms with Crippen molar-refractivity contribution in [3.05, 3.63) is 64.1 Å². The number of hydrogen-bond donors (Lipinski definition) is 0. The van der Waals surface area contributed by atoms with Crippen LogP contribution in [0.4, 0.5) is 5.95 Å². The van der Waals surface area contributed by atoms with Gasteiger partial charge in [0.1, 0.15) is 0 Å². The standard InChI is InChI=1S/C23H24Cl2N6O2/c24-17-6-7-19(20(25)16-17)23(8-14-33-15-9-23)21(32)29-10-12-30(13-11-29)22-26-27-28-31(22)18-4-2-1-3-5-18/h1-7,16H,8-15H2. The van der Waals surface area contributed by atoms with E-state index in [-0.39, 0.29) is 5.91 Å². The fourth-order valence-electron chi connectivity index (χ4n) is 4.72. The molecule has 0 aliphatic carbocycles. The van der Waals surface area contributed by atoms with Gasteiger partial charge in [-0.1, -0.05) is 52.6 Å². The molecule has 0 atom stereocenters. The monoisotopic (exact) mass is 486 g/mol. The highest BCUT2D eigenvalue weighted by molar-refractivity contribution is 6.35. The predicted molar refractivity (Wildman–Crippen MR) is 126 cm³/mol. The molecule has 0 saturated carbocycles. The molecule has 33 heavy (non-hydrogen) atoms. The summed E-state index contributed by atoms with van der Waals surface area (Å²) in [6.07, 6.45) is 1.19. The molecule has 0 unspecified atom stereocenters. The Morgan fingerprint density at radius 3 is 2.39 bits per heavy atom. The molecule has 3 aromatic rings. The van der Waals surface area contributed by atoms with E-state index in [9.17, 15) is 4.79 Å². The van der Waals surface area contributed by atoms with Gasteiger partial charge in [0, 0.05) is 49.4 Å². The summed E-state index contributed by atoms with van der Waals surface area (Å²) in [6, 6.07) is 15.2. The number of benzene rings is 2. The topological polar surface area (TPSA) is 76.4 Å². The molecule has 172 valence electrons. The molecule has 1 amide bonds. The molecule has 5 rings (SSSR count). The van der Waals surface area contributed by atoms with Crippen LogP contribution in [0.2, 0.25) is 10.0 Å². The van der Waals surface area contributed by atoms with Gasteiger partial charge in [0.15, 0.2) is 0 Å². The summed E-state index contributed by atoms with van der Waals surface area (Å²) in [5.74, 6) is 0.771. The lowest BCUT2D eigenvalue weighted by Gasteiger charge is -2.43. The van der Waals surface area contributed by atoms with Crippen LogP contribution >= 0.6 is 23.2 Å². The van der Waals surface area contributed by atoms with Gasteiger partial charge in [0.25, 0.3) is 0 Å². The zero-order valence-electron chi connectivity index (χ0n) is 18.0. The number of ether oxygens (including phenoxy) is 1. The average molecular weight is 487 g/mol. The maximum absolute atomic E-state index is 13.9. The van der Waals surface area contributed by atoms with Crippen molar-refractivity contribution in [3.63, 3.8) is 0 Å². The highest BCUT2D eigenvalue weighted by Crippen LogP contribution is 2.41. The average Bonchev–Trinajstić information content (AvgIpc) is 3.35. The Bertz CT molecular complexity index is 1120. The van der Waals surface area contributed by atoms with Crippen LogP contribution in [-0.2, 0) is 14.9 Å².